The van der Waals surface area contributed by atoms with Crippen molar-refractivity contribution in [1.29, 1.82) is 0 Å². The zero-order valence-corrected chi connectivity index (χ0v) is 17.7. The fraction of sp³-hybridized carbons (Fsp3) is 0.500. The third kappa shape index (κ3) is 5.18. The number of rotatable bonds is 5. The van der Waals surface area contributed by atoms with Crippen LogP contribution in [0.15, 0.2) is 42.7 Å². The van der Waals surface area contributed by atoms with E-state index in [1.165, 1.54) is 5.56 Å². The Labute approximate surface area is 178 Å². The predicted octanol–water partition coefficient (Wildman–Crippen LogP) is 3.03. The van der Waals surface area contributed by atoms with Crippen LogP contribution in [0, 0.1) is 6.92 Å². The van der Waals surface area contributed by atoms with Gasteiger partial charge in [-0.15, -0.1) is 0 Å². The van der Waals surface area contributed by atoms with Gasteiger partial charge in [-0.3, -0.25) is 14.7 Å². The summed E-state index contributed by atoms with van der Waals surface area (Å²) in [5.41, 5.74) is 2.93. The molecular weight excluding hydrogens is 378 g/mol. The maximum absolute atomic E-state index is 13.1. The van der Waals surface area contributed by atoms with Crippen molar-refractivity contribution in [3.05, 3.63) is 59.4 Å². The molecule has 0 bridgehead atoms. The van der Waals surface area contributed by atoms with Gasteiger partial charge in [0, 0.05) is 45.1 Å². The second-order valence-corrected chi connectivity index (χ2v) is 8.50. The van der Waals surface area contributed by atoms with Crippen LogP contribution in [0.2, 0.25) is 0 Å². The van der Waals surface area contributed by atoms with Crippen molar-refractivity contribution in [2.45, 2.75) is 51.4 Å². The molecule has 2 fully saturated rings. The Morgan fingerprint density at radius 2 is 1.90 bits per heavy atom. The Morgan fingerprint density at radius 3 is 2.63 bits per heavy atom. The molecule has 0 aliphatic carbocycles. The van der Waals surface area contributed by atoms with Gasteiger partial charge in [0.2, 0.25) is 0 Å². The molecule has 30 heavy (non-hydrogen) atoms. The van der Waals surface area contributed by atoms with Gasteiger partial charge in [-0.2, -0.15) is 0 Å². The van der Waals surface area contributed by atoms with Crippen molar-refractivity contribution in [2.24, 2.45) is 0 Å². The molecule has 6 heteroatoms. The number of benzene rings is 1. The minimum Gasteiger partial charge on any atom is -0.489 e. The summed E-state index contributed by atoms with van der Waals surface area (Å²) in [6.07, 6.45) is 6.83. The molecule has 0 spiro atoms. The number of aromatic nitrogens is 1. The monoisotopic (exact) mass is 409 g/mol. The SMILES string of the molecule is Cc1ccc(OC2CCN(Cc3ccncc3)CC2)c(C(=O)N2CCC[C@@H](O)C2)c1. The van der Waals surface area contributed by atoms with Gasteiger partial charge in [0.1, 0.15) is 11.9 Å². The number of nitrogens with zero attached hydrogens (tertiary/aromatic N) is 3. The van der Waals surface area contributed by atoms with Crippen molar-refractivity contribution < 1.29 is 14.6 Å². The highest BCUT2D eigenvalue weighted by molar-refractivity contribution is 5.97. The lowest BCUT2D eigenvalue weighted by molar-refractivity contribution is 0.0463. The fourth-order valence-electron chi connectivity index (χ4n) is 4.33. The van der Waals surface area contributed by atoms with Crippen LogP contribution in [0.3, 0.4) is 0 Å². The summed E-state index contributed by atoms with van der Waals surface area (Å²) in [4.78, 5) is 21.4. The first kappa shape index (κ1) is 20.8. The minimum absolute atomic E-state index is 0.0393. The van der Waals surface area contributed by atoms with E-state index in [9.17, 15) is 9.90 Å². The van der Waals surface area contributed by atoms with E-state index in [4.69, 9.17) is 4.74 Å². The van der Waals surface area contributed by atoms with Crippen LogP contribution in [0.4, 0.5) is 0 Å². The van der Waals surface area contributed by atoms with E-state index in [2.05, 4.69) is 22.0 Å². The summed E-state index contributed by atoms with van der Waals surface area (Å²) in [5.74, 6) is 0.626. The number of pyridine rings is 1. The highest BCUT2D eigenvalue weighted by atomic mass is 16.5. The number of ether oxygens (including phenoxy) is 1. The minimum atomic E-state index is -0.429. The Kier molecular flexibility index (Phi) is 6.65. The number of aliphatic hydroxyl groups excluding tert-OH is 1. The average Bonchev–Trinajstić information content (AvgIpc) is 2.76. The topological polar surface area (TPSA) is 65.9 Å². The smallest absolute Gasteiger partial charge is 0.257 e. The third-order valence-corrected chi connectivity index (χ3v) is 6.03. The molecule has 1 atom stereocenters. The van der Waals surface area contributed by atoms with Gasteiger partial charge < -0.3 is 14.7 Å². The van der Waals surface area contributed by atoms with Crippen LogP contribution in [0.5, 0.6) is 5.75 Å². The van der Waals surface area contributed by atoms with E-state index in [0.717, 1.165) is 50.9 Å². The number of likely N-dealkylation sites (tertiary alicyclic amines) is 2. The molecule has 1 N–H and O–H groups in total. The molecule has 1 aromatic carbocycles. The first-order valence-electron chi connectivity index (χ1n) is 10.9. The summed E-state index contributed by atoms with van der Waals surface area (Å²) < 4.78 is 6.33. The molecule has 160 valence electrons. The van der Waals surface area contributed by atoms with Gasteiger partial charge in [0.05, 0.1) is 11.7 Å². The number of amides is 1. The van der Waals surface area contributed by atoms with Crippen molar-refractivity contribution in [2.75, 3.05) is 26.2 Å². The molecule has 6 nitrogen and oxygen atoms in total. The molecular formula is C24H31N3O3. The Balaban J connectivity index is 1.38. The molecule has 2 aromatic rings. The second kappa shape index (κ2) is 9.58. The van der Waals surface area contributed by atoms with E-state index in [1.807, 2.05) is 37.5 Å². The van der Waals surface area contributed by atoms with E-state index in [1.54, 1.807) is 4.90 Å². The fourth-order valence-corrected chi connectivity index (χ4v) is 4.33. The molecule has 1 amide bonds. The van der Waals surface area contributed by atoms with Crippen molar-refractivity contribution >= 4 is 5.91 Å². The number of hydrogen-bond acceptors (Lipinski definition) is 5. The lowest BCUT2D eigenvalue weighted by Gasteiger charge is -2.33. The first-order valence-corrected chi connectivity index (χ1v) is 10.9. The van der Waals surface area contributed by atoms with E-state index < -0.39 is 6.10 Å². The lowest BCUT2D eigenvalue weighted by atomic mass is 10.0. The average molecular weight is 410 g/mol. The Morgan fingerprint density at radius 1 is 1.13 bits per heavy atom. The van der Waals surface area contributed by atoms with Crippen LogP contribution < -0.4 is 4.74 Å². The number of hydrogen-bond donors (Lipinski definition) is 1. The summed E-state index contributed by atoms with van der Waals surface area (Å²) in [6.45, 7) is 5.96. The summed E-state index contributed by atoms with van der Waals surface area (Å²) in [5, 5.41) is 9.96. The van der Waals surface area contributed by atoms with Gasteiger partial charge >= 0.3 is 0 Å². The van der Waals surface area contributed by atoms with E-state index in [-0.39, 0.29) is 12.0 Å². The molecule has 2 aliphatic heterocycles. The number of β-amino-alcohol motifs (C(OH)–C–C–N with tert-alkyl or cyclic N) is 1. The number of piperidine rings is 2. The highest BCUT2D eigenvalue weighted by Crippen LogP contribution is 2.27. The molecule has 0 saturated carbocycles. The Bertz CT molecular complexity index is 850. The molecule has 2 aliphatic rings. The molecule has 2 saturated heterocycles. The molecule has 3 heterocycles. The number of aryl methyl sites for hydroxylation is 1. The zero-order valence-electron chi connectivity index (χ0n) is 17.7. The van der Waals surface area contributed by atoms with E-state index in [0.29, 0.717) is 24.4 Å². The van der Waals surface area contributed by atoms with E-state index >= 15 is 0 Å². The van der Waals surface area contributed by atoms with Gasteiger partial charge in [0.25, 0.3) is 5.91 Å². The molecule has 0 unspecified atom stereocenters. The van der Waals surface area contributed by atoms with Crippen LogP contribution in [-0.4, -0.2) is 64.2 Å². The van der Waals surface area contributed by atoms with Crippen molar-refractivity contribution in [3.8, 4) is 5.75 Å². The van der Waals surface area contributed by atoms with Crippen LogP contribution in [0.1, 0.15) is 47.2 Å². The summed E-state index contributed by atoms with van der Waals surface area (Å²) in [6, 6.07) is 9.95. The lowest BCUT2D eigenvalue weighted by Crippen LogP contribution is -2.42. The summed E-state index contributed by atoms with van der Waals surface area (Å²) in [7, 11) is 0. The Hall–Kier alpha value is -2.44. The number of carbonyl (C=O) groups excluding carboxylic acids is 1. The van der Waals surface area contributed by atoms with Crippen molar-refractivity contribution in [3.63, 3.8) is 0 Å². The third-order valence-electron chi connectivity index (χ3n) is 6.03. The largest absolute Gasteiger partial charge is 0.489 e. The molecule has 4 rings (SSSR count). The summed E-state index contributed by atoms with van der Waals surface area (Å²) >= 11 is 0. The maximum Gasteiger partial charge on any atom is 0.257 e. The number of aliphatic hydroxyl groups is 1. The van der Waals surface area contributed by atoms with Gasteiger partial charge in [0.15, 0.2) is 0 Å². The predicted molar refractivity (Wildman–Crippen MR) is 115 cm³/mol. The quantitative estimate of drug-likeness (QED) is 0.822. The van der Waals surface area contributed by atoms with Gasteiger partial charge in [-0.05, 0) is 62.4 Å². The standard InChI is InChI=1S/C24H31N3O3/c1-18-4-5-23(22(15-18)24(29)27-12-2-3-20(28)17-27)30-21-8-13-26(14-9-21)16-19-6-10-25-11-7-19/h4-7,10-11,15,20-21,28H,2-3,8-9,12-14,16-17H2,1H3/t20-/m1/s1. The highest BCUT2D eigenvalue weighted by Gasteiger charge is 2.27. The first-order chi connectivity index (χ1) is 14.6. The maximum atomic E-state index is 13.1. The van der Waals surface area contributed by atoms with Crippen LogP contribution >= 0.6 is 0 Å². The second-order valence-electron chi connectivity index (χ2n) is 8.50. The molecule has 0 radical (unpaired) electrons. The van der Waals surface area contributed by atoms with Crippen LogP contribution in [-0.2, 0) is 6.54 Å². The zero-order chi connectivity index (χ0) is 20.9. The van der Waals surface area contributed by atoms with Gasteiger partial charge in [-0.1, -0.05) is 11.6 Å². The van der Waals surface area contributed by atoms with Gasteiger partial charge in [-0.25, -0.2) is 0 Å². The molecule has 1 aromatic heterocycles. The van der Waals surface area contributed by atoms with Crippen LogP contribution in [0.25, 0.3) is 0 Å². The van der Waals surface area contributed by atoms with Crippen molar-refractivity contribution in [1.82, 2.24) is 14.8 Å². The normalized spacial score (nSPS) is 20.9. The number of carbonyl (C=O) groups is 1.